The van der Waals surface area contributed by atoms with Crippen LogP contribution in [0.2, 0.25) is 0 Å². The van der Waals surface area contributed by atoms with Crippen LogP contribution >= 0.6 is 11.3 Å². The Labute approximate surface area is 230 Å². The highest BCUT2D eigenvalue weighted by molar-refractivity contribution is 7.16. The van der Waals surface area contributed by atoms with Gasteiger partial charge in [0.25, 0.3) is 11.9 Å². The zero-order chi connectivity index (χ0) is 27.4. The molecule has 1 aromatic heterocycles. The fourth-order valence-electron chi connectivity index (χ4n) is 4.52. The summed E-state index contributed by atoms with van der Waals surface area (Å²) in [5, 5.41) is 27.5. The van der Waals surface area contributed by atoms with E-state index >= 15 is 0 Å². The van der Waals surface area contributed by atoms with E-state index in [-0.39, 0.29) is 11.3 Å². The smallest absolute Gasteiger partial charge is 0.290 e. The van der Waals surface area contributed by atoms with Gasteiger partial charge in [0.1, 0.15) is 10.0 Å². The highest BCUT2D eigenvalue weighted by Gasteiger charge is 2.38. The second kappa shape index (κ2) is 11.3. The number of hydrogen-bond acceptors (Lipinski definition) is 9. The van der Waals surface area contributed by atoms with Crippen molar-refractivity contribution in [3.8, 4) is 0 Å². The molecule has 39 heavy (non-hydrogen) atoms. The predicted molar refractivity (Wildman–Crippen MR) is 153 cm³/mol. The van der Waals surface area contributed by atoms with Crippen molar-refractivity contribution in [2.45, 2.75) is 37.8 Å². The molecule has 2 heterocycles. The first kappa shape index (κ1) is 26.5. The van der Waals surface area contributed by atoms with Crippen LogP contribution in [0.15, 0.2) is 59.6 Å². The maximum Gasteiger partial charge on any atom is 0.290 e. The van der Waals surface area contributed by atoms with Gasteiger partial charge in [-0.05, 0) is 18.9 Å². The Balaban J connectivity index is 1.36. The van der Waals surface area contributed by atoms with E-state index in [0.717, 1.165) is 35.4 Å². The molecular weight excluding hydrogens is 514 g/mol. The summed E-state index contributed by atoms with van der Waals surface area (Å²) < 4.78 is 10.7. The first-order valence-electron chi connectivity index (χ1n) is 12.8. The molecule has 1 aliphatic heterocycles. The number of carbonyl (C=O) groups is 1. The van der Waals surface area contributed by atoms with Crippen LogP contribution in [0.3, 0.4) is 0 Å². The molecule has 0 radical (unpaired) electrons. The van der Waals surface area contributed by atoms with Gasteiger partial charge < -0.3 is 25.4 Å². The molecule has 11 heteroatoms. The number of para-hydroxylation sites is 1. The third-order valence-corrected chi connectivity index (χ3v) is 8.19. The van der Waals surface area contributed by atoms with E-state index in [1.807, 2.05) is 54.6 Å². The standard InChI is InChI=1S/C28H31N7O3S/c1-28(13-8-14-28)26-34-21(25(39-26)31-15-16-37-2)22(29)38-27(30)35-23-24(36)32-19-12-7-6-11-18(19)20(33-23)17-9-4-3-5-10-17/h3-7,9-12,23,29,31H,8,13-16H2,1-2H3,(H2,30,35)(H,32,36)/t23-/m1/s1. The molecule has 1 saturated carbocycles. The zero-order valence-electron chi connectivity index (χ0n) is 21.8. The number of fused-ring (bicyclic) bond motifs is 1. The minimum Gasteiger partial charge on any atom is -0.405 e. The van der Waals surface area contributed by atoms with Crippen molar-refractivity contribution >= 4 is 45.6 Å². The second-order valence-electron chi connectivity index (χ2n) is 9.72. The summed E-state index contributed by atoms with van der Waals surface area (Å²) in [5.41, 5.74) is 3.15. The van der Waals surface area contributed by atoms with E-state index in [0.29, 0.717) is 35.2 Å². The van der Waals surface area contributed by atoms with Gasteiger partial charge in [0.05, 0.1) is 18.0 Å². The molecule has 0 saturated heterocycles. The van der Waals surface area contributed by atoms with Crippen LogP contribution in [0.5, 0.6) is 0 Å². The Morgan fingerprint density at radius 3 is 2.62 bits per heavy atom. The summed E-state index contributed by atoms with van der Waals surface area (Å²) >= 11 is 1.50. The topological polar surface area (TPSA) is 145 Å². The lowest BCUT2D eigenvalue weighted by Gasteiger charge is -2.36. The summed E-state index contributed by atoms with van der Waals surface area (Å²) in [5.74, 6) is -0.730. The van der Waals surface area contributed by atoms with Gasteiger partial charge >= 0.3 is 0 Å². The molecule has 202 valence electrons. The number of aromatic nitrogens is 1. The lowest BCUT2D eigenvalue weighted by atomic mass is 9.71. The van der Waals surface area contributed by atoms with Crippen molar-refractivity contribution < 1.29 is 14.3 Å². The van der Waals surface area contributed by atoms with E-state index in [2.05, 4.69) is 27.9 Å². The summed E-state index contributed by atoms with van der Waals surface area (Å²) in [7, 11) is 1.63. The molecule has 2 aliphatic rings. The van der Waals surface area contributed by atoms with Gasteiger partial charge in [-0.15, -0.1) is 11.3 Å². The van der Waals surface area contributed by atoms with Crippen molar-refractivity contribution in [3.63, 3.8) is 0 Å². The van der Waals surface area contributed by atoms with Gasteiger partial charge in [0, 0.05) is 30.2 Å². The van der Waals surface area contributed by atoms with E-state index < -0.39 is 18.1 Å². The molecule has 1 aliphatic carbocycles. The van der Waals surface area contributed by atoms with Gasteiger partial charge in [-0.3, -0.25) is 15.6 Å². The number of hydrogen-bond donors (Lipinski definition) is 5. The van der Waals surface area contributed by atoms with Crippen molar-refractivity contribution in [1.82, 2.24) is 10.3 Å². The van der Waals surface area contributed by atoms with Crippen LogP contribution in [0.4, 0.5) is 10.7 Å². The monoisotopic (exact) mass is 545 g/mol. The normalized spacial score (nSPS) is 17.5. The van der Waals surface area contributed by atoms with E-state index in [1.165, 1.54) is 11.3 Å². The minimum atomic E-state index is -1.15. The van der Waals surface area contributed by atoms with Gasteiger partial charge in [-0.25, -0.2) is 9.98 Å². The number of amidine groups is 1. The number of methoxy groups -OCH3 is 1. The number of nitrogens with one attached hydrogen (secondary N) is 5. The number of rotatable bonds is 8. The van der Waals surface area contributed by atoms with Crippen LogP contribution in [0.25, 0.3) is 0 Å². The first-order chi connectivity index (χ1) is 18.9. The van der Waals surface area contributed by atoms with Crippen molar-refractivity contribution in [2.75, 3.05) is 30.9 Å². The fourth-order valence-corrected chi connectivity index (χ4v) is 5.71. The SMILES string of the molecule is COCCNc1sc(C2(C)CCC2)nc1C(=N)OC(=N)N[C@H]1N=C(c2ccccc2)c2ccccc2NC1=O. The molecule has 3 aromatic rings. The predicted octanol–water partition coefficient (Wildman–Crippen LogP) is 4.33. The Morgan fingerprint density at radius 1 is 1.15 bits per heavy atom. The number of ether oxygens (including phenoxy) is 2. The molecule has 1 atom stereocenters. The lowest BCUT2D eigenvalue weighted by Crippen LogP contribution is -2.43. The Morgan fingerprint density at radius 2 is 1.90 bits per heavy atom. The molecule has 0 bridgehead atoms. The Hall–Kier alpha value is -4.09. The van der Waals surface area contributed by atoms with E-state index in [9.17, 15) is 4.79 Å². The van der Waals surface area contributed by atoms with Crippen molar-refractivity contribution in [3.05, 3.63) is 76.4 Å². The largest absolute Gasteiger partial charge is 0.405 e. The van der Waals surface area contributed by atoms with Crippen LogP contribution in [0, 0.1) is 10.8 Å². The molecule has 10 nitrogen and oxygen atoms in total. The third-order valence-electron chi connectivity index (χ3n) is 6.87. The van der Waals surface area contributed by atoms with Crippen molar-refractivity contribution in [2.24, 2.45) is 4.99 Å². The number of benzene rings is 2. The Bertz CT molecular complexity index is 1420. The van der Waals surface area contributed by atoms with Crippen LogP contribution in [-0.2, 0) is 19.7 Å². The molecule has 0 unspecified atom stereocenters. The first-order valence-corrected chi connectivity index (χ1v) is 13.6. The number of benzodiazepines with no additional fused rings is 1. The maximum atomic E-state index is 13.1. The molecule has 5 rings (SSSR count). The number of amides is 1. The van der Waals surface area contributed by atoms with Gasteiger partial charge in [-0.2, -0.15) is 0 Å². The van der Waals surface area contributed by atoms with Crippen LogP contribution in [-0.4, -0.2) is 54.9 Å². The molecular formula is C28H31N7O3S. The van der Waals surface area contributed by atoms with Gasteiger partial charge in [0.2, 0.25) is 12.1 Å². The number of aliphatic imine (C=N–C) groups is 1. The highest BCUT2D eigenvalue weighted by atomic mass is 32.1. The van der Waals surface area contributed by atoms with E-state index in [4.69, 9.17) is 25.3 Å². The van der Waals surface area contributed by atoms with E-state index in [1.54, 1.807) is 7.11 Å². The third kappa shape index (κ3) is 5.69. The molecule has 1 amide bonds. The average molecular weight is 546 g/mol. The fraction of sp³-hybridized carbons (Fsp3) is 0.321. The Kier molecular flexibility index (Phi) is 7.71. The second-order valence-corrected chi connectivity index (χ2v) is 10.7. The lowest BCUT2D eigenvalue weighted by molar-refractivity contribution is -0.117. The molecule has 2 aromatic carbocycles. The summed E-state index contributed by atoms with van der Waals surface area (Å²) in [6.07, 6.45) is 2.10. The molecule has 5 N–H and O–H groups in total. The summed E-state index contributed by atoms with van der Waals surface area (Å²) in [6.45, 7) is 3.22. The van der Waals surface area contributed by atoms with Crippen molar-refractivity contribution in [1.29, 1.82) is 10.8 Å². The average Bonchev–Trinajstić information content (AvgIpc) is 3.29. The van der Waals surface area contributed by atoms with Gasteiger partial charge in [0.15, 0.2) is 5.69 Å². The molecule has 0 spiro atoms. The van der Waals surface area contributed by atoms with Crippen LogP contribution < -0.4 is 16.0 Å². The summed E-state index contributed by atoms with van der Waals surface area (Å²) in [4.78, 5) is 22.5. The number of anilines is 2. The number of carbonyl (C=O) groups excluding carboxylic acids is 1. The highest BCUT2D eigenvalue weighted by Crippen LogP contribution is 2.46. The maximum absolute atomic E-state index is 13.1. The zero-order valence-corrected chi connectivity index (χ0v) is 22.7. The number of thiazole rings is 1. The van der Waals surface area contributed by atoms with Crippen LogP contribution in [0.1, 0.15) is 48.0 Å². The number of nitrogens with zero attached hydrogens (tertiary/aromatic N) is 2. The summed E-state index contributed by atoms with van der Waals surface area (Å²) in [6, 6.07) is 16.5. The molecule has 1 fully saturated rings. The van der Waals surface area contributed by atoms with Gasteiger partial charge in [-0.1, -0.05) is 61.9 Å². The minimum absolute atomic E-state index is 0.0113. The quantitative estimate of drug-likeness (QED) is 0.162.